The van der Waals surface area contributed by atoms with Gasteiger partial charge in [-0.3, -0.25) is 29.8 Å². The number of amides is 2. The van der Waals surface area contributed by atoms with E-state index in [0.717, 1.165) is 48.4 Å². The van der Waals surface area contributed by atoms with Crippen molar-refractivity contribution in [3.63, 3.8) is 0 Å². The van der Waals surface area contributed by atoms with E-state index < -0.39 is 6.04 Å². The van der Waals surface area contributed by atoms with Crippen LogP contribution >= 0.6 is 0 Å². The standard InChI is InChI=1S/C28H29N7O2/c36-26(33-28-31-21-10-4-5-11-22(21)32-28)25-15-23-24(30-13-12-29-23)18-35(25)27(37)20-9-6-14-34(17-20)16-19-7-2-1-3-8-19/h1-5,7-8,10-13,20,25H,6,9,14-18H2,(H2,31,32,33,36). The molecule has 2 aliphatic rings. The van der Waals surface area contributed by atoms with Gasteiger partial charge in [-0.05, 0) is 37.1 Å². The highest BCUT2D eigenvalue weighted by molar-refractivity contribution is 5.97. The first kappa shape index (κ1) is 23.3. The van der Waals surface area contributed by atoms with Gasteiger partial charge in [-0.1, -0.05) is 42.5 Å². The smallest absolute Gasteiger partial charge is 0.249 e. The van der Waals surface area contributed by atoms with Crippen LogP contribution in [-0.4, -0.2) is 60.7 Å². The zero-order chi connectivity index (χ0) is 25.2. The number of nitrogens with zero attached hydrogens (tertiary/aromatic N) is 5. The van der Waals surface area contributed by atoms with Crippen molar-refractivity contribution in [2.24, 2.45) is 5.92 Å². The van der Waals surface area contributed by atoms with Crippen LogP contribution < -0.4 is 5.32 Å². The Morgan fingerprint density at radius 2 is 1.78 bits per heavy atom. The third-order valence-corrected chi connectivity index (χ3v) is 7.26. The fourth-order valence-corrected chi connectivity index (χ4v) is 5.42. The van der Waals surface area contributed by atoms with Crippen molar-refractivity contribution in [1.82, 2.24) is 29.7 Å². The van der Waals surface area contributed by atoms with Gasteiger partial charge in [-0.25, -0.2) is 4.98 Å². The molecule has 4 aromatic rings. The van der Waals surface area contributed by atoms with E-state index in [1.165, 1.54) is 5.56 Å². The minimum Gasteiger partial charge on any atom is -0.324 e. The number of H-pyrrole nitrogens is 1. The molecule has 9 heteroatoms. The molecule has 0 spiro atoms. The number of aromatic amines is 1. The number of imidazole rings is 1. The molecule has 2 amide bonds. The number of carbonyl (C=O) groups excluding carboxylic acids is 2. The summed E-state index contributed by atoms with van der Waals surface area (Å²) >= 11 is 0. The summed E-state index contributed by atoms with van der Waals surface area (Å²) in [4.78, 5) is 48.0. The van der Waals surface area contributed by atoms with Crippen LogP contribution in [-0.2, 0) is 29.1 Å². The first-order chi connectivity index (χ1) is 18.1. The molecule has 0 saturated carbocycles. The summed E-state index contributed by atoms with van der Waals surface area (Å²) in [6, 6.07) is 17.2. The maximum absolute atomic E-state index is 13.9. The molecule has 188 valence electrons. The van der Waals surface area contributed by atoms with E-state index in [2.05, 4.69) is 42.3 Å². The maximum atomic E-state index is 13.9. The minimum absolute atomic E-state index is 0.00109. The molecule has 2 atom stereocenters. The van der Waals surface area contributed by atoms with Gasteiger partial charge >= 0.3 is 0 Å². The summed E-state index contributed by atoms with van der Waals surface area (Å²) in [5.74, 6) is -0.0769. The highest BCUT2D eigenvalue weighted by Gasteiger charge is 2.39. The normalized spacial score (nSPS) is 19.9. The quantitative estimate of drug-likeness (QED) is 0.441. The first-order valence-electron chi connectivity index (χ1n) is 12.7. The number of hydrogen-bond donors (Lipinski definition) is 2. The number of benzene rings is 2. The number of hydrogen-bond acceptors (Lipinski definition) is 6. The molecule has 1 fully saturated rings. The van der Waals surface area contributed by atoms with Crippen molar-refractivity contribution in [2.75, 3.05) is 18.4 Å². The van der Waals surface area contributed by atoms with Crippen LogP contribution in [0.3, 0.4) is 0 Å². The van der Waals surface area contributed by atoms with Crippen molar-refractivity contribution in [3.05, 3.63) is 83.9 Å². The van der Waals surface area contributed by atoms with Gasteiger partial charge < -0.3 is 9.88 Å². The number of para-hydroxylation sites is 2. The van der Waals surface area contributed by atoms with Crippen molar-refractivity contribution >= 4 is 28.8 Å². The Hall–Kier alpha value is -4.11. The maximum Gasteiger partial charge on any atom is 0.249 e. The highest BCUT2D eigenvalue weighted by atomic mass is 16.2. The number of fused-ring (bicyclic) bond motifs is 2. The number of aromatic nitrogens is 4. The van der Waals surface area contributed by atoms with Crippen molar-refractivity contribution in [3.8, 4) is 0 Å². The van der Waals surface area contributed by atoms with E-state index in [4.69, 9.17) is 0 Å². The Morgan fingerprint density at radius 3 is 2.62 bits per heavy atom. The van der Waals surface area contributed by atoms with E-state index in [-0.39, 0.29) is 24.3 Å². The lowest BCUT2D eigenvalue weighted by Gasteiger charge is -2.39. The van der Waals surface area contributed by atoms with Crippen LogP contribution in [0.2, 0.25) is 0 Å². The van der Waals surface area contributed by atoms with Gasteiger partial charge in [-0.2, -0.15) is 0 Å². The molecule has 6 rings (SSSR count). The molecular weight excluding hydrogens is 466 g/mol. The predicted molar refractivity (Wildman–Crippen MR) is 139 cm³/mol. The highest BCUT2D eigenvalue weighted by Crippen LogP contribution is 2.27. The molecule has 2 aromatic heterocycles. The molecule has 37 heavy (non-hydrogen) atoms. The molecule has 2 aromatic carbocycles. The Balaban J connectivity index is 1.22. The summed E-state index contributed by atoms with van der Waals surface area (Å²) in [6.45, 7) is 2.72. The molecule has 0 radical (unpaired) electrons. The summed E-state index contributed by atoms with van der Waals surface area (Å²) < 4.78 is 0. The second-order valence-electron chi connectivity index (χ2n) is 9.79. The minimum atomic E-state index is -0.686. The van der Waals surface area contributed by atoms with Crippen LogP contribution in [0.1, 0.15) is 29.8 Å². The first-order valence-corrected chi connectivity index (χ1v) is 12.7. The monoisotopic (exact) mass is 495 g/mol. The second-order valence-corrected chi connectivity index (χ2v) is 9.79. The third kappa shape index (κ3) is 4.95. The van der Waals surface area contributed by atoms with Crippen LogP contribution in [0.15, 0.2) is 67.0 Å². The fraction of sp³-hybridized carbons (Fsp3) is 0.321. The lowest BCUT2D eigenvalue weighted by Crippen LogP contribution is -2.54. The molecule has 0 aliphatic carbocycles. The van der Waals surface area contributed by atoms with Gasteiger partial charge in [0.15, 0.2) is 0 Å². The number of nitrogens with one attached hydrogen (secondary N) is 2. The van der Waals surface area contributed by atoms with Crippen LogP contribution in [0.4, 0.5) is 5.95 Å². The molecule has 2 N–H and O–H groups in total. The van der Waals surface area contributed by atoms with Gasteiger partial charge in [-0.15, -0.1) is 0 Å². The number of likely N-dealkylation sites (tertiary alicyclic amines) is 1. The molecule has 2 unspecified atom stereocenters. The lowest BCUT2D eigenvalue weighted by atomic mass is 9.93. The molecule has 2 aliphatic heterocycles. The van der Waals surface area contributed by atoms with Crippen molar-refractivity contribution < 1.29 is 9.59 Å². The number of piperidine rings is 1. The average Bonchev–Trinajstić information content (AvgIpc) is 3.35. The largest absolute Gasteiger partial charge is 0.324 e. The Kier molecular flexibility index (Phi) is 6.36. The predicted octanol–water partition coefficient (Wildman–Crippen LogP) is 3.16. The van der Waals surface area contributed by atoms with E-state index >= 15 is 0 Å². The molecule has 4 heterocycles. The van der Waals surface area contributed by atoms with E-state index in [1.807, 2.05) is 42.5 Å². The summed E-state index contributed by atoms with van der Waals surface area (Å²) in [6.07, 6.45) is 5.35. The van der Waals surface area contributed by atoms with Crippen LogP contribution in [0.5, 0.6) is 0 Å². The molecule has 0 bridgehead atoms. The Morgan fingerprint density at radius 1 is 1.00 bits per heavy atom. The van der Waals surface area contributed by atoms with Crippen LogP contribution in [0.25, 0.3) is 11.0 Å². The fourth-order valence-electron chi connectivity index (χ4n) is 5.42. The Labute approximate surface area is 214 Å². The lowest BCUT2D eigenvalue weighted by molar-refractivity contribution is -0.145. The van der Waals surface area contributed by atoms with E-state index in [1.54, 1.807) is 17.3 Å². The van der Waals surface area contributed by atoms with E-state index in [0.29, 0.717) is 18.9 Å². The van der Waals surface area contributed by atoms with Gasteiger partial charge in [0, 0.05) is 31.9 Å². The van der Waals surface area contributed by atoms with Gasteiger partial charge in [0.25, 0.3) is 0 Å². The SMILES string of the molecule is O=C(Nc1nc2ccccc2[nH]1)C1Cc2nccnc2CN1C(=O)C1CCCN(Cc2ccccc2)C1. The number of carbonyl (C=O) groups is 2. The van der Waals surface area contributed by atoms with Gasteiger partial charge in [0.05, 0.1) is 34.9 Å². The van der Waals surface area contributed by atoms with Gasteiger partial charge in [0.1, 0.15) is 6.04 Å². The summed E-state index contributed by atoms with van der Waals surface area (Å²) in [5.41, 5.74) is 4.35. The van der Waals surface area contributed by atoms with Crippen molar-refractivity contribution in [1.29, 1.82) is 0 Å². The molecule has 9 nitrogen and oxygen atoms in total. The van der Waals surface area contributed by atoms with E-state index in [9.17, 15) is 9.59 Å². The zero-order valence-corrected chi connectivity index (χ0v) is 20.5. The second kappa shape index (κ2) is 10.1. The summed E-state index contributed by atoms with van der Waals surface area (Å²) in [7, 11) is 0. The molecule has 1 saturated heterocycles. The Bertz CT molecular complexity index is 1390. The van der Waals surface area contributed by atoms with Gasteiger partial charge in [0.2, 0.25) is 17.8 Å². The summed E-state index contributed by atoms with van der Waals surface area (Å²) in [5, 5.41) is 2.90. The van der Waals surface area contributed by atoms with Crippen LogP contribution in [0, 0.1) is 5.92 Å². The third-order valence-electron chi connectivity index (χ3n) is 7.26. The number of rotatable bonds is 5. The molecular formula is C28H29N7O2. The number of anilines is 1. The topological polar surface area (TPSA) is 107 Å². The van der Waals surface area contributed by atoms with Crippen molar-refractivity contribution in [2.45, 2.75) is 38.4 Å². The zero-order valence-electron chi connectivity index (χ0n) is 20.5. The average molecular weight is 496 g/mol.